The molecule has 0 aliphatic heterocycles. The highest BCUT2D eigenvalue weighted by atomic mass is 35.5. The minimum atomic E-state index is -3.78. The Morgan fingerprint density at radius 3 is 2.44 bits per heavy atom. The van der Waals surface area contributed by atoms with Crippen LogP contribution in [-0.4, -0.2) is 51.5 Å². The highest BCUT2D eigenvalue weighted by Crippen LogP contribution is 2.35. The Morgan fingerprint density at radius 1 is 1.11 bits per heavy atom. The van der Waals surface area contributed by atoms with Gasteiger partial charge in [-0.05, 0) is 49.2 Å². The molecule has 238 valence electrons. The second kappa shape index (κ2) is 11.9. The third-order valence-electron chi connectivity index (χ3n) is 6.67. The molecule has 0 spiro atoms. The summed E-state index contributed by atoms with van der Waals surface area (Å²) in [6, 6.07) is 7.33. The second-order valence-corrected chi connectivity index (χ2v) is 12.7. The maximum absolute atomic E-state index is 14.1. The topological polar surface area (TPSA) is 147 Å². The molecular formula is C28H26ClF4N7O4S. The minimum absolute atomic E-state index is 0.00401. The van der Waals surface area contributed by atoms with Gasteiger partial charge >= 0.3 is 0 Å². The van der Waals surface area contributed by atoms with Crippen molar-refractivity contribution in [2.45, 2.75) is 31.7 Å². The van der Waals surface area contributed by atoms with E-state index < -0.39 is 45.6 Å². The van der Waals surface area contributed by atoms with Gasteiger partial charge in [0.2, 0.25) is 21.8 Å². The number of nitrogens with one attached hydrogen (secondary N) is 1. The Kier molecular flexibility index (Phi) is 8.50. The van der Waals surface area contributed by atoms with E-state index in [-0.39, 0.29) is 68.8 Å². The first-order chi connectivity index (χ1) is 21.0. The Balaban J connectivity index is 1.73. The fourth-order valence-electron chi connectivity index (χ4n) is 4.82. The van der Waals surface area contributed by atoms with Crippen molar-refractivity contribution in [1.82, 2.24) is 24.3 Å². The first-order valence-corrected chi connectivity index (χ1v) is 15.6. The SMILES string of the molecule is Cn1nc(NS(C)(=O)=O)c2c(Cl)ccc(-n3c(C(N)Cc4cc(F)cc(F)c4)nc4nc(OCCC(C)(F)F)ccc4c3=O)c21. The van der Waals surface area contributed by atoms with E-state index in [0.717, 1.165) is 29.9 Å². The summed E-state index contributed by atoms with van der Waals surface area (Å²) < 4.78 is 88.8. The molecule has 0 amide bonds. The molecule has 0 aliphatic carbocycles. The van der Waals surface area contributed by atoms with Crippen LogP contribution in [0.25, 0.3) is 27.6 Å². The molecule has 0 radical (unpaired) electrons. The number of aromatic nitrogens is 5. The lowest BCUT2D eigenvalue weighted by molar-refractivity contribution is 0.000458. The van der Waals surface area contributed by atoms with Gasteiger partial charge in [0, 0.05) is 25.6 Å². The van der Waals surface area contributed by atoms with Gasteiger partial charge in [-0.2, -0.15) is 10.1 Å². The van der Waals surface area contributed by atoms with Crippen molar-refractivity contribution in [2.24, 2.45) is 12.8 Å². The number of halogens is 5. The fraction of sp³-hybridized carbons (Fsp3) is 0.286. The van der Waals surface area contributed by atoms with Crippen LogP contribution < -0.4 is 20.8 Å². The van der Waals surface area contributed by atoms with Crippen molar-refractivity contribution in [1.29, 1.82) is 0 Å². The van der Waals surface area contributed by atoms with Crippen LogP contribution in [0.2, 0.25) is 5.02 Å². The lowest BCUT2D eigenvalue weighted by atomic mass is 10.0. The number of rotatable bonds is 10. The number of sulfonamides is 1. The number of ether oxygens (including phenoxy) is 1. The molecule has 0 saturated heterocycles. The second-order valence-electron chi connectivity index (χ2n) is 10.5. The number of hydrogen-bond donors (Lipinski definition) is 2. The Labute approximate surface area is 258 Å². The summed E-state index contributed by atoms with van der Waals surface area (Å²) in [5.74, 6) is -4.88. The molecule has 11 nitrogen and oxygen atoms in total. The molecule has 5 rings (SSSR count). The summed E-state index contributed by atoms with van der Waals surface area (Å²) in [6.07, 6.45) is 0.196. The number of alkyl halides is 2. The molecule has 17 heteroatoms. The van der Waals surface area contributed by atoms with Gasteiger partial charge in [-0.25, -0.2) is 31.0 Å². The normalized spacial score (nSPS) is 13.0. The first-order valence-electron chi connectivity index (χ1n) is 13.3. The van der Waals surface area contributed by atoms with E-state index in [1.165, 1.54) is 36.0 Å². The van der Waals surface area contributed by atoms with Crippen LogP contribution >= 0.6 is 11.6 Å². The quantitative estimate of drug-likeness (QED) is 0.205. The lowest BCUT2D eigenvalue weighted by Crippen LogP contribution is -2.30. The molecule has 3 heterocycles. The molecule has 0 saturated carbocycles. The molecular weight excluding hydrogens is 642 g/mol. The smallest absolute Gasteiger partial charge is 0.267 e. The van der Waals surface area contributed by atoms with E-state index in [1.807, 2.05) is 0 Å². The van der Waals surface area contributed by atoms with E-state index in [1.54, 1.807) is 0 Å². The van der Waals surface area contributed by atoms with Crippen molar-refractivity contribution in [3.05, 3.63) is 80.9 Å². The summed E-state index contributed by atoms with van der Waals surface area (Å²) in [5.41, 5.74) is 6.32. The van der Waals surface area contributed by atoms with Crippen molar-refractivity contribution in [3.63, 3.8) is 0 Å². The lowest BCUT2D eigenvalue weighted by Gasteiger charge is -2.20. The van der Waals surface area contributed by atoms with E-state index >= 15 is 0 Å². The standard InChI is InChI=1S/C28H26ClF4N7O4S/c1-28(32,33)8-9-44-21-7-4-17-24(35-21)36-26(19(34)12-14-10-15(30)13-16(31)11-14)40(27(17)41)20-6-5-18(29)22-23(20)39(2)37-25(22)38-45(3,42)43/h4-7,10-11,13,19H,8-9,12,34H2,1-3H3,(H,37,38). The van der Waals surface area contributed by atoms with Crippen LogP contribution in [0.1, 0.15) is 30.8 Å². The van der Waals surface area contributed by atoms with E-state index in [4.69, 9.17) is 22.1 Å². The van der Waals surface area contributed by atoms with Gasteiger partial charge in [-0.15, -0.1) is 0 Å². The predicted molar refractivity (Wildman–Crippen MR) is 161 cm³/mol. The third-order valence-corrected chi connectivity index (χ3v) is 7.55. The number of nitrogens with zero attached hydrogens (tertiary/aromatic N) is 5. The molecule has 0 fully saturated rings. The van der Waals surface area contributed by atoms with Crippen molar-refractivity contribution < 1.29 is 30.7 Å². The molecule has 1 unspecified atom stereocenters. The maximum Gasteiger partial charge on any atom is 0.267 e. The summed E-state index contributed by atoms with van der Waals surface area (Å²) in [6.45, 7) is 0.395. The summed E-state index contributed by atoms with van der Waals surface area (Å²) in [5, 5.41) is 4.54. The summed E-state index contributed by atoms with van der Waals surface area (Å²) >= 11 is 6.47. The van der Waals surface area contributed by atoms with Gasteiger partial charge in [0.15, 0.2) is 11.5 Å². The molecule has 1 atom stereocenters. The van der Waals surface area contributed by atoms with Gasteiger partial charge in [0.05, 0.1) is 45.9 Å². The summed E-state index contributed by atoms with van der Waals surface area (Å²) in [7, 11) is -2.27. The number of benzene rings is 2. The zero-order valence-electron chi connectivity index (χ0n) is 24.0. The molecule has 0 aliphatic rings. The van der Waals surface area contributed by atoms with Crippen molar-refractivity contribution >= 4 is 49.4 Å². The highest BCUT2D eigenvalue weighted by molar-refractivity contribution is 7.92. The number of nitrogens with two attached hydrogens (primary N) is 1. The van der Waals surface area contributed by atoms with Crippen LogP contribution in [0.3, 0.4) is 0 Å². The zero-order chi connectivity index (χ0) is 32.8. The van der Waals surface area contributed by atoms with Gasteiger partial charge in [0.1, 0.15) is 17.5 Å². The molecule has 3 N–H and O–H groups in total. The van der Waals surface area contributed by atoms with Crippen LogP contribution in [0.15, 0.2) is 47.3 Å². The summed E-state index contributed by atoms with van der Waals surface area (Å²) in [4.78, 5) is 22.9. The predicted octanol–water partition coefficient (Wildman–Crippen LogP) is 4.64. The Morgan fingerprint density at radius 2 is 1.80 bits per heavy atom. The first kappa shape index (κ1) is 32.1. The average molecular weight is 668 g/mol. The number of anilines is 1. The Bertz CT molecular complexity index is 2100. The minimum Gasteiger partial charge on any atom is -0.477 e. The molecule has 0 bridgehead atoms. The van der Waals surface area contributed by atoms with Gasteiger partial charge in [-0.3, -0.25) is 18.8 Å². The number of pyridine rings is 1. The van der Waals surface area contributed by atoms with E-state index in [0.29, 0.717) is 6.07 Å². The third kappa shape index (κ3) is 7.02. The maximum atomic E-state index is 14.1. The van der Waals surface area contributed by atoms with Crippen molar-refractivity contribution in [3.8, 4) is 11.6 Å². The molecule has 2 aromatic carbocycles. The van der Waals surface area contributed by atoms with Crippen LogP contribution in [-0.2, 0) is 23.5 Å². The van der Waals surface area contributed by atoms with Gasteiger partial charge < -0.3 is 10.5 Å². The number of fused-ring (bicyclic) bond motifs is 2. The molecule has 3 aromatic heterocycles. The number of aryl methyl sites for hydroxylation is 1. The zero-order valence-corrected chi connectivity index (χ0v) is 25.6. The van der Waals surface area contributed by atoms with Gasteiger partial charge in [-0.1, -0.05) is 11.6 Å². The largest absolute Gasteiger partial charge is 0.477 e. The highest BCUT2D eigenvalue weighted by Gasteiger charge is 2.26. The Hall–Kier alpha value is -4.28. The fourth-order valence-corrected chi connectivity index (χ4v) is 5.56. The van der Waals surface area contributed by atoms with Crippen LogP contribution in [0, 0.1) is 11.6 Å². The average Bonchev–Trinajstić information content (AvgIpc) is 3.22. The van der Waals surface area contributed by atoms with E-state index in [2.05, 4.69) is 19.8 Å². The van der Waals surface area contributed by atoms with Gasteiger partial charge in [0.25, 0.3) is 5.56 Å². The molecule has 5 aromatic rings. The van der Waals surface area contributed by atoms with Crippen LogP contribution in [0.4, 0.5) is 23.4 Å². The van der Waals surface area contributed by atoms with Crippen LogP contribution in [0.5, 0.6) is 5.88 Å². The van der Waals surface area contributed by atoms with E-state index in [9.17, 15) is 30.8 Å². The molecule has 45 heavy (non-hydrogen) atoms. The monoisotopic (exact) mass is 667 g/mol. The van der Waals surface area contributed by atoms with Crippen molar-refractivity contribution in [2.75, 3.05) is 17.6 Å². The number of hydrogen-bond acceptors (Lipinski definition) is 8.